The lowest BCUT2D eigenvalue weighted by atomic mass is 9.79. The molecule has 6 rings (SSSR count). The maximum Gasteiger partial charge on any atom is 0.408 e. The lowest BCUT2D eigenvalue weighted by molar-refractivity contribution is -0.151. The zero-order chi connectivity index (χ0) is 56.7. The molecular weight excluding hydrogens is 1000 g/mol. The second-order valence-corrected chi connectivity index (χ2v) is 26.3. The first-order valence-electron chi connectivity index (χ1n) is 27.3. The lowest BCUT2D eigenvalue weighted by Gasteiger charge is -2.37. The first-order chi connectivity index (χ1) is 34.5. The molecule has 12 atom stereocenters. The highest BCUT2D eigenvalue weighted by molar-refractivity contribution is 5.93. The van der Waals surface area contributed by atoms with Crippen molar-refractivity contribution in [3.05, 3.63) is 0 Å². The number of carbonyl (C=O) groups is 8. The number of nitrogens with two attached hydrogens (primary N) is 3. The number of nitrogens with zero attached hydrogens (tertiary/aromatic N) is 2. The Bertz CT molecular complexity index is 2030. The van der Waals surface area contributed by atoms with Crippen molar-refractivity contribution in [2.75, 3.05) is 13.1 Å². The number of hydrogen-bond donors (Lipinski definition) is 9. The van der Waals surface area contributed by atoms with Crippen molar-refractivity contribution in [1.82, 2.24) is 25.8 Å². The molecule has 0 bridgehead atoms. The van der Waals surface area contributed by atoms with E-state index < -0.39 is 100 Å². The van der Waals surface area contributed by atoms with Crippen molar-refractivity contribution < 1.29 is 63.1 Å². The van der Waals surface area contributed by atoms with Crippen molar-refractivity contribution in [1.29, 1.82) is 0 Å². The molecule has 0 aromatic heterocycles. The van der Waals surface area contributed by atoms with Crippen molar-refractivity contribution in [2.45, 2.75) is 233 Å². The Hall–Kier alpha value is -4.47. The second-order valence-electron chi connectivity index (χ2n) is 26.3. The number of carboxylic acids is 1. The van der Waals surface area contributed by atoms with Crippen LogP contribution < -0.4 is 33.2 Å². The number of aliphatic hydroxyl groups is 2. The molecule has 21 nitrogen and oxygen atoms in total. The highest BCUT2D eigenvalue weighted by atomic mass is 35.5. The largest absolute Gasteiger partial charge is 0.480 e. The van der Waals surface area contributed by atoms with Gasteiger partial charge in [0.25, 0.3) is 0 Å². The number of halogens is 1. The van der Waals surface area contributed by atoms with E-state index >= 15 is 0 Å². The Morgan fingerprint density at radius 2 is 0.921 bits per heavy atom. The second kappa shape index (κ2) is 26.9. The number of rotatable bonds is 15. The molecule has 4 unspecified atom stereocenters. The van der Waals surface area contributed by atoms with E-state index in [-0.39, 0.29) is 53.8 Å². The number of amides is 7. The van der Waals surface area contributed by atoms with E-state index in [1.54, 1.807) is 46.4 Å². The molecule has 2 saturated heterocycles. The minimum absolute atomic E-state index is 0. The Balaban J connectivity index is 0.000000337. The lowest BCUT2D eigenvalue weighted by Crippen LogP contribution is -2.60. The molecule has 0 aromatic rings. The summed E-state index contributed by atoms with van der Waals surface area (Å²) in [4.78, 5) is 103. The number of alkyl carbamates (subject to hydrolysis) is 2. The van der Waals surface area contributed by atoms with Crippen molar-refractivity contribution >= 4 is 60.1 Å². The van der Waals surface area contributed by atoms with Gasteiger partial charge in [0.05, 0.1) is 6.04 Å². The third-order valence-corrected chi connectivity index (χ3v) is 15.8. The van der Waals surface area contributed by atoms with Gasteiger partial charge in [0.1, 0.15) is 41.5 Å². The molecule has 4 aliphatic carbocycles. The molecule has 436 valence electrons. The Morgan fingerprint density at radius 1 is 0.553 bits per heavy atom. The number of fused-ring (bicyclic) bond motifs is 2. The van der Waals surface area contributed by atoms with Crippen LogP contribution in [0.15, 0.2) is 0 Å². The predicted molar refractivity (Wildman–Crippen MR) is 287 cm³/mol. The van der Waals surface area contributed by atoms with Crippen molar-refractivity contribution in [3.63, 3.8) is 0 Å². The predicted octanol–water partition coefficient (Wildman–Crippen LogP) is 4.48. The quantitative estimate of drug-likeness (QED) is 0.109. The third-order valence-electron chi connectivity index (χ3n) is 15.8. The average Bonchev–Trinajstić information content (AvgIpc) is 4.03. The topological polar surface area (TPSA) is 336 Å². The Labute approximate surface area is 456 Å². The van der Waals surface area contributed by atoms with Gasteiger partial charge >= 0.3 is 18.2 Å². The molecule has 0 aromatic carbocycles. The molecule has 12 N–H and O–H groups in total. The molecule has 6 fully saturated rings. The van der Waals surface area contributed by atoms with Crippen LogP contribution in [0.25, 0.3) is 0 Å². The van der Waals surface area contributed by atoms with Crippen LogP contribution in [-0.2, 0) is 38.2 Å². The van der Waals surface area contributed by atoms with Crippen LogP contribution in [0.2, 0.25) is 0 Å². The highest BCUT2D eigenvalue weighted by Crippen LogP contribution is 2.45. The Kier molecular flexibility index (Phi) is 23.3. The summed E-state index contributed by atoms with van der Waals surface area (Å²) in [5.74, 6) is -2.27. The number of likely N-dealkylation sites (tertiary alicyclic amines) is 2. The Morgan fingerprint density at radius 3 is 1.26 bits per heavy atom. The zero-order valence-corrected chi connectivity index (χ0v) is 48.2. The van der Waals surface area contributed by atoms with Gasteiger partial charge in [-0.05, 0) is 126 Å². The summed E-state index contributed by atoms with van der Waals surface area (Å²) in [5.41, 5.74) is 13.3. The van der Waals surface area contributed by atoms with E-state index in [1.807, 2.05) is 41.5 Å². The van der Waals surface area contributed by atoms with Crippen LogP contribution >= 0.6 is 12.4 Å². The zero-order valence-electron chi connectivity index (χ0n) is 47.4. The van der Waals surface area contributed by atoms with Gasteiger partial charge in [0.2, 0.25) is 29.5 Å². The van der Waals surface area contributed by atoms with Gasteiger partial charge in [-0.3, -0.25) is 24.0 Å². The van der Waals surface area contributed by atoms with E-state index in [0.717, 1.165) is 57.8 Å². The normalized spacial score (nSPS) is 25.7. The summed E-state index contributed by atoms with van der Waals surface area (Å²) in [7, 11) is 0. The monoisotopic (exact) mass is 1100 g/mol. The summed E-state index contributed by atoms with van der Waals surface area (Å²) in [5, 5.41) is 37.6. The van der Waals surface area contributed by atoms with Gasteiger partial charge in [0, 0.05) is 19.1 Å². The van der Waals surface area contributed by atoms with E-state index in [0.29, 0.717) is 37.8 Å². The standard InChI is InChI=1S/C27H46N4O6.C19H32N2O5.C8H16N2O2.ClH/c1-26(2,3)21(30-25(36)37-27(4,5)6)24(35)31-14-16-11-8-12-17(16)19(31)23(34)29-18(20(32)22(28)33)13-15-9-7-10-15;1-18(2,3)14(20-17(25)26-19(4,5)6)15(22)21-10-11-8-7-9-12(11)13(21)16(23)24;9-6(7(11)8(10)12)4-5-2-1-3-5;/h15-21,32H,7-14H2,1-6H3,(H2,28,33)(H,29,34)(H,30,36);11-14H,7-10H2,1-6H3,(H,20,25)(H,23,24);5-7,11H,1-4,9H2,(H2,10,12);1H/t16-,17-,18?,19-,20?,21+;11-,12-,13-,14+;;/m00../s1. The van der Waals surface area contributed by atoms with Gasteiger partial charge in [-0.25, -0.2) is 14.4 Å². The molecule has 7 amide bonds. The third kappa shape index (κ3) is 18.3. The maximum atomic E-state index is 14.0. The maximum absolute atomic E-state index is 14.0. The fraction of sp³-hybridized carbons (Fsp3) is 0.852. The SMILES string of the molecule is CC(C)(C)OC(=O)N[C@H](C(=O)N1C[C@@H]2CCC[C@@H]2[C@H]1C(=O)NC(CC1CCC1)C(O)C(N)=O)C(C)(C)C.CC(C)(C)OC(=O)N[C@H](C(=O)N1C[C@@H]2CCC[C@@H]2[C@H]1C(=O)O)C(C)(C)C.Cl.NC(=O)C(O)C(N)CC1CCC1. The van der Waals surface area contributed by atoms with Crippen molar-refractivity contribution in [2.24, 2.45) is 63.5 Å². The van der Waals surface area contributed by atoms with E-state index in [9.17, 15) is 48.6 Å². The fourth-order valence-electron chi connectivity index (χ4n) is 11.5. The van der Waals surface area contributed by atoms with Crippen LogP contribution in [0.5, 0.6) is 0 Å². The van der Waals surface area contributed by atoms with Crippen LogP contribution in [0.1, 0.15) is 173 Å². The molecule has 2 heterocycles. The van der Waals surface area contributed by atoms with Gasteiger partial charge in [-0.2, -0.15) is 0 Å². The molecule has 4 saturated carbocycles. The number of hydrogen-bond acceptors (Lipinski definition) is 13. The number of aliphatic hydroxyl groups excluding tert-OH is 2. The minimum atomic E-state index is -1.49. The number of nitrogens with one attached hydrogen (secondary N) is 3. The van der Waals surface area contributed by atoms with Crippen LogP contribution in [0, 0.1) is 46.3 Å². The number of carbonyl (C=O) groups excluding carboxylic acids is 7. The van der Waals surface area contributed by atoms with Crippen LogP contribution in [0.4, 0.5) is 9.59 Å². The number of primary amides is 2. The van der Waals surface area contributed by atoms with E-state index in [2.05, 4.69) is 16.0 Å². The van der Waals surface area contributed by atoms with Gasteiger partial charge in [-0.15, -0.1) is 12.4 Å². The number of ether oxygens (including phenoxy) is 2. The number of carboxylic acid groups (broad SMARTS) is 1. The molecule has 6 aliphatic rings. The fourth-order valence-corrected chi connectivity index (χ4v) is 11.5. The summed E-state index contributed by atoms with van der Waals surface area (Å²) >= 11 is 0. The smallest absolute Gasteiger partial charge is 0.408 e. The minimum Gasteiger partial charge on any atom is -0.480 e. The molecule has 0 radical (unpaired) electrons. The molecular formula is C54H95ClN8O13. The van der Waals surface area contributed by atoms with E-state index in [1.165, 1.54) is 24.2 Å². The molecule has 2 aliphatic heterocycles. The molecule has 76 heavy (non-hydrogen) atoms. The summed E-state index contributed by atoms with van der Waals surface area (Å²) in [6, 6.07) is -4.58. The van der Waals surface area contributed by atoms with Crippen molar-refractivity contribution in [3.8, 4) is 0 Å². The average molecular weight is 1100 g/mol. The summed E-state index contributed by atoms with van der Waals surface area (Å²) in [6.45, 7) is 22.5. The summed E-state index contributed by atoms with van der Waals surface area (Å²) in [6.07, 6.45) is 9.32. The first kappa shape index (κ1) is 65.8. The van der Waals surface area contributed by atoms with Gasteiger partial charge in [-0.1, -0.05) is 92.9 Å². The number of aliphatic carboxylic acids is 1. The van der Waals surface area contributed by atoms with Crippen LogP contribution in [-0.4, -0.2) is 146 Å². The van der Waals surface area contributed by atoms with Gasteiger partial charge < -0.3 is 67.7 Å². The first-order valence-corrected chi connectivity index (χ1v) is 27.3. The van der Waals surface area contributed by atoms with Crippen LogP contribution in [0.3, 0.4) is 0 Å². The van der Waals surface area contributed by atoms with E-state index in [4.69, 9.17) is 31.8 Å². The molecule has 22 heteroatoms. The molecule has 0 spiro atoms. The highest BCUT2D eigenvalue weighted by Gasteiger charge is 2.54. The van der Waals surface area contributed by atoms with Gasteiger partial charge in [0.15, 0.2) is 6.10 Å². The summed E-state index contributed by atoms with van der Waals surface area (Å²) < 4.78 is 10.7.